The van der Waals surface area contributed by atoms with Crippen molar-refractivity contribution in [3.63, 3.8) is 0 Å². The van der Waals surface area contributed by atoms with Crippen LogP contribution in [-0.2, 0) is 0 Å². The van der Waals surface area contributed by atoms with E-state index < -0.39 is 11.7 Å². The molecule has 0 radical (unpaired) electrons. The molecule has 19 heavy (non-hydrogen) atoms. The van der Waals surface area contributed by atoms with Crippen molar-refractivity contribution in [2.45, 2.75) is 12.6 Å². The highest BCUT2D eigenvalue weighted by Gasteiger charge is 2.35. The van der Waals surface area contributed by atoms with E-state index in [0.29, 0.717) is 16.3 Å². The number of halogens is 4. The molecule has 0 aliphatic carbocycles. The molecule has 0 atom stereocenters. The molecule has 0 fully saturated rings. The van der Waals surface area contributed by atoms with Crippen molar-refractivity contribution >= 4 is 21.9 Å². The number of methoxy groups -OCH3 is 1. The summed E-state index contributed by atoms with van der Waals surface area (Å²) in [5.74, 6) is 0.716. The van der Waals surface area contributed by atoms with Crippen LogP contribution in [0.2, 0.25) is 0 Å². The molecule has 1 aromatic rings. The number of nitrogens with zero attached hydrogens (tertiary/aromatic N) is 3. The zero-order valence-corrected chi connectivity index (χ0v) is 11.6. The van der Waals surface area contributed by atoms with Crippen LogP contribution >= 0.6 is 15.9 Å². The van der Waals surface area contributed by atoms with Gasteiger partial charge in [0.15, 0.2) is 0 Å². The molecule has 0 saturated carbocycles. The predicted molar refractivity (Wildman–Crippen MR) is 67.3 cm³/mol. The monoisotopic (exact) mass is 337 g/mol. The average molecular weight is 338 g/mol. The molecule has 1 aliphatic heterocycles. The maximum absolute atomic E-state index is 12.5. The Labute approximate surface area is 116 Å². The molecule has 0 amide bonds. The third-order valence-electron chi connectivity index (χ3n) is 2.75. The lowest BCUT2D eigenvalue weighted by Crippen LogP contribution is -2.33. The minimum atomic E-state index is -4.25. The Morgan fingerprint density at radius 1 is 1.42 bits per heavy atom. The van der Waals surface area contributed by atoms with Crippen molar-refractivity contribution in [2.24, 2.45) is 0 Å². The zero-order chi connectivity index (χ0) is 14.0. The molecule has 0 unspecified atom stereocenters. The molecule has 0 aromatic carbocycles. The molecular formula is C11H11BrF3N3O. The van der Waals surface area contributed by atoms with Crippen molar-refractivity contribution in [2.75, 3.05) is 25.1 Å². The first-order valence-corrected chi connectivity index (χ1v) is 6.29. The van der Waals surface area contributed by atoms with E-state index in [4.69, 9.17) is 4.74 Å². The van der Waals surface area contributed by atoms with Gasteiger partial charge in [-0.1, -0.05) is 6.08 Å². The summed E-state index contributed by atoms with van der Waals surface area (Å²) in [6, 6.07) is 0. The van der Waals surface area contributed by atoms with Gasteiger partial charge in [0.25, 0.3) is 0 Å². The molecule has 0 saturated heterocycles. The van der Waals surface area contributed by atoms with Gasteiger partial charge < -0.3 is 9.64 Å². The number of alkyl halides is 3. The van der Waals surface area contributed by atoms with Gasteiger partial charge in [0.05, 0.1) is 17.8 Å². The first-order chi connectivity index (χ1) is 8.91. The number of ether oxygens (including phenoxy) is 1. The van der Waals surface area contributed by atoms with Crippen LogP contribution in [0.15, 0.2) is 22.3 Å². The number of hydrogen-bond donors (Lipinski definition) is 0. The molecule has 0 bridgehead atoms. The Hall–Kier alpha value is -1.31. The zero-order valence-electron chi connectivity index (χ0n) is 10.0. The van der Waals surface area contributed by atoms with Crippen LogP contribution in [0.3, 0.4) is 0 Å². The summed E-state index contributed by atoms with van der Waals surface area (Å²) in [4.78, 5) is 9.88. The van der Waals surface area contributed by atoms with Gasteiger partial charge in [-0.15, -0.1) is 0 Å². The number of anilines is 1. The normalized spacial score (nSPS) is 16.3. The first-order valence-electron chi connectivity index (χ1n) is 5.49. The average Bonchev–Trinajstić information content (AvgIpc) is 2.38. The largest absolute Gasteiger partial charge is 0.480 e. The predicted octanol–water partition coefficient (Wildman–Crippen LogP) is 2.95. The van der Waals surface area contributed by atoms with Crippen LogP contribution in [0.1, 0.15) is 6.42 Å². The summed E-state index contributed by atoms with van der Waals surface area (Å²) in [5.41, 5.74) is -0.493. The van der Waals surface area contributed by atoms with E-state index in [1.165, 1.54) is 19.4 Å². The summed E-state index contributed by atoms with van der Waals surface area (Å²) in [6.07, 6.45) is -1.62. The minimum Gasteiger partial charge on any atom is -0.480 e. The van der Waals surface area contributed by atoms with E-state index in [1.54, 1.807) is 4.90 Å². The SMILES string of the molecule is COc1nc(N2CC=C(C(F)(F)F)CC2)ncc1Br. The second-order valence-electron chi connectivity index (χ2n) is 3.95. The van der Waals surface area contributed by atoms with Gasteiger partial charge in [-0.2, -0.15) is 18.2 Å². The summed E-state index contributed by atoms with van der Waals surface area (Å²) >= 11 is 3.22. The van der Waals surface area contributed by atoms with Crippen molar-refractivity contribution in [3.8, 4) is 5.88 Å². The van der Waals surface area contributed by atoms with Crippen LogP contribution in [0, 0.1) is 0 Å². The molecule has 0 spiro atoms. The minimum absolute atomic E-state index is 0.0642. The quantitative estimate of drug-likeness (QED) is 0.778. The molecule has 4 nitrogen and oxygen atoms in total. The van der Waals surface area contributed by atoms with Crippen molar-refractivity contribution < 1.29 is 17.9 Å². The van der Waals surface area contributed by atoms with Gasteiger partial charge in [-0.25, -0.2) is 4.98 Å². The van der Waals surface area contributed by atoms with Crippen molar-refractivity contribution in [1.29, 1.82) is 0 Å². The molecular weight excluding hydrogens is 327 g/mol. The van der Waals surface area contributed by atoms with Gasteiger partial charge in [-0.3, -0.25) is 0 Å². The molecule has 0 N–H and O–H groups in total. The summed E-state index contributed by atoms with van der Waals surface area (Å²) in [5, 5.41) is 0. The van der Waals surface area contributed by atoms with Crippen LogP contribution in [0.25, 0.3) is 0 Å². The third-order valence-corrected chi connectivity index (χ3v) is 3.29. The number of aromatic nitrogens is 2. The van der Waals surface area contributed by atoms with E-state index in [-0.39, 0.29) is 19.5 Å². The Morgan fingerprint density at radius 3 is 2.68 bits per heavy atom. The molecule has 2 heterocycles. The molecule has 104 valence electrons. The van der Waals surface area contributed by atoms with Gasteiger partial charge in [-0.05, 0) is 22.4 Å². The topological polar surface area (TPSA) is 38.2 Å². The highest BCUT2D eigenvalue weighted by Crippen LogP contribution is 2.31. The highest BCUT2D eigenvalue weighted by atomic mass is 79.9. The van der Waals surface area contributed by atoms with E-state index >= 15 is 0 Å². The lowest BCUT2D eigenvalue weighted by Gasteiger charge is -2.27. The van der Waals surface area contributed by atoms with Crippen LogP contribution in [0.5, 0.6) is 5.88 Å². The highest BCUT2D eigenvalue weighted by molar-refractivity contribution is 9.10. The lowest BCUT2D eigenvalue weighted by atomic mass is 10.1. The molecule has 1 aliphatic rings. The van der Waals surface area contributed by atoms with Gasteiger partial charge >= 0.3 is 6.18 Å². The molecule has 8 heteroatoms. The first kappa shape index (κ1) is 14.1. The maximum atomic E-state index is 12.5. The van der Waals surface area contributed by atoms with E-state index in [1.807, 2.05) is 0 Å². The van der Waals surface area contributed by atoms with Gasteiger partial charge in [0, 0.05) is 18.7 Å². The number of rotatable bonds is 2. The van der Waals surface area contributed by atoms with Crippen molar-refractivity contribution in [1.82, 2.24) is 9.97 Å². The van der Waals surface area contributed by atoms with E-state index in [0.717, 1.165) is 0 Å². The summed E-state index contributed by atoms with van der Waals surface area (Å²) in [6.45, 7) is 0.371. The van der Waals surface area contributed by atoms with Crippen LogP contribution in [-0.4, -0.2) is 36.3 Å². The number of hydrogen-bond acceptors (Lipinski definition) is 4. The van der Waals surface area contributed by atoms with Gasteiger partial charge in [0.2, 0.25) is 11.8 Å². The summed E-state index contributed by atoms with van der Waals surface area (Å²) in [7, 11) is 1.47. The van der Waals surface area contributed by atoms with Crippen molar-refractivity contribution in [3.05, 3.63) is 22.3 Å². The van der Waals surface area contributed by atoms with E-state index in [9.17, 15) is 13.2 Å². The maximum Gasteiger partial charge on any atom is 0.412 e. The van der Waals surface area contributed by atoms with E-state index in [2.05, 4.69) is 25.9 Å². The Kier molecular flexibility index (Phi) is 3.98. The molecule has 1 aromatic heterocycles. The molecule has 2 rings (SSSR count). The van der Waals surface area contributed by atoms with Crippen LogP contribution in [0.4, 0.5) is 19.1 Å². The van der Waals surface area contributed by atoms with Crippen LogP contribution < -0.4 is 9.64 Å². The fourth-order valence-electron chi connectivity index (χ4n) is 1.75. The second kappa shape index (κ2) is 5.36. The Bertz CT molecular complexity index is 504. The Balaban J connectivity index is 2.16. The standard InChI is InChI=1S/C11H11BrF3N3O/c1-19-9-8(12)6-16-10(17-9)18-4-2-7(3-5-18)11(13,14)15/h2,6H,3-5H2,1H3. The smallest absolute Gasteiger partial charge is 0.412 e. The second-order valence-corrected chi connectivity index (χ2v) is 4.80. The lowest BCUT2D eigenvalue weighted by molar-refractivity contribution is -0.0944. The van der Waals surface area contributed by atoms with Gasteiger partial charge in [0.1, 0.15) is 0 Å². The fraction of sp³-hybridized carbons (Fsp3) is 0.455. The summed E-state index contributed by atoms with van der Waals surface area (Å²) < 4.78 is 43.1. The fourth-order valence-corrected chi connectivity index (χ4v) is 2.10. The third kappa shape index (κ3) is 3.17. The Morgan fingerprint density at radius 2 is 2.16 bits per heavy atom.